The van der Waals surface area contributed by atoms with Crippen molar-refractivity contribution in [3.63, 3.8) is 0 Å². The molecule has 27 heavy (non-hydrogen) atoms. The number of aryl methyl sites for hydroxylation is 1. The molecule has 0 radical (unpaired) electrons. The number of hydrogen-bond donors (Lipinski definition) is 1. The van der Waals surface area contributed by atoms with Crippen LogP contribution in [-0.2, 0) is 6.54 Å². The second-order valence-corrected chi connectivity index (χ2v) is 6.70. The monoisotopic (exact) mass is 409 g/mol. The lowest BCUT2D eigenvalue weighted by Crippen LogP contribution is -2.40. The molecule has 2 aromatic carbocycles. The van der Waals surface area contributed by atoms with Crippen LogP contribution in [0.3, 0.4) is 0 Å². The number of amides is 2. The van der Waals surface area contributed by atoms with E-state index in [2.05, 4.69) is 24.1 Å². The highest BCUT2D eigenvalue weighted by molar-refractivity contribution is 6.33. The van der Waals surface area contributed by atoms with E-state index in [4.69, 9.17) is 11.6 Å². The van der Waals surface area contributed by atoms with Gasteiger partial charge < -0.3 is 15.1 Å². The molecule has 0 saturated carbocycles. The van der Waals surface area contributed by atoms with Gasteiger partial charge >= 0.3 is 6.03 Å². The van der Waals surface area contributed by atoms with E-state index in [9.17, 15) is 4.79 Å². The Morgan fingerprint density at radius 2 is 1.67 bits per heavy atom. The first kappa shape index (κ1) is 23.3. The topological polar surface area (TPSA) is 35.6 Å². The number of carbonyl (C=O) groups is 1. The fraction of sp³-hybridized carbons (Fsp3) is 0.381. The molecule has 4 nitrogen and oxygen atoms in total. The summed E-state index contributed by atoms with van der Waals surface area (Å²) in [6.07, 6.45) is 0. The molecule has 6 heteroatoms. The van der Waals surface area contributed by atoms with Gasteiger partial charge in [0.15, 0.2) is 0 Å². The number of carbonyl (C=O) groups excluding carboxylic acids is 1. The molecule has 148 valence electrons. The van der Waals surface area contributed by atoms with E-state index in [1.165, 1.54) is 0 Å². The summed E-state index contributed by atoms with van der Waals surface area (Å²) in [6.45, 7) is 10.2. The van der Waals surface area contributed by atoms with Gasteiger partial charge in [0.05, 0.1) is 10.7 Å². The summed E-state index contributed by atoms with van der Waals surface area (Å²) in [5.74, 6) is 0. The van der Waals surface area contributed by atoms with Crippen molar-refractivity contribution in [2.24, 2.45) is 0 Å². The van der Waals surface area contributed by atoms with E-state index in [1.807, 2.05) is 54.3 Å². The molecular weight excluding hydrogens is 381 g/mol. The lowest BCUT2D eigenvalue weighted by Gasteiger charge is -2.27. The van der Waals surface area contributed by atoms with Gasteiger partial charge in [-0.15, -0.1) is 12.4 Å². The highest BCUT2D eigenvalue weighted by atomic mass is 35.5. The average Bonchev–Trinajstić information content (AvgIpc) is 2.65. The molecule has 0 aliphatic heterocycles. The van der Waals surface area contributed by atoms with Crippen LogP contribution in [0.4, 0.5) is 10.5 Å². The maximum absolute atomic E-state index is 12.9. The molecule has 2 aromatic rings. The second kappa shape index (κ2) is 11.9. The molecule has 0 saturated heterocycles. The first-order valence-electron chi connectivity index (χ1n) is 9.12. The third-order valence-electron chi connectivity index (χ3n) is 4.54. The summed E-state index contributed by atoms with van der Waals surface area (Å²) in [7, 11) is 0. The zero-order valence-electron chi connectivity index (χ0n) is 16.2. The number of urea groups is 1. The number of halogens is 2. The molecule has 0 spiro atoms. The van der Waals surface area contributed by atoms with E-state index < -0.39 is 0 Å². The van der Waals surface area contributed by atoms with Crippen molar-refractivity contribution in [2.75, 3.05) is 31.5 Å². The lowest BCUT2D eigenvalue weighted by molar-refractivity contribution is 0.194. The van der Waals surface area contributed by atoms with Gasteiger partial charge in [0.25, 0.3) is 0 Å². The van der Waals surface area contributed by atoms with Crippen LogP contribution in [0.15, 0.2) is 48.5 Å². The minimum absolute atomic E-state index is 0. The predicted octanol–water partition coefficient (Wildman–Crippen LogP) is 5.45. The number of nitrogens with zero attached hydrogens (tertiary/aromatic N) is 2. The summed E-state index contributed by atoms with van der Waals surface area (Å²) in [5.41, 5.74) is 2.74. The Kier molecular flexibility index (Phi) is 10.2. The van der Waals surface area contributed by atoms with Crippen LogP contribution in [-0.4, -0.2) is 42.0 Å². The fourth-order valence-corrected chi connectivity index (χ4v) is 3.10. The Labute approximate surface area is 173 Å². The number of hydrogen-bond acceptors (Lipinski definition) is 2. The van der Waals surface area contributed by atoms with E-state index in [0.29, 0.717) is 23.8 Å². The Morgan fingerprint density at radius 1 is 1.00 bits per heavy atom. The minimum Gasteiger partial charge on any atom is -0.319 e. The number of anilines is 1. The fourth-order valence-electron chi connectivity index (χ4n) is 2.83. The Hall–Kier alpha value is -1.75. The molecule has 0 bridgehead atoms. The van der Waals surface area contributed by atoms with E-state index in [-0.39, 0.29) is 18.4 Å². The van der Waals surface area contributed by atoms with Crippen molar-refractivity contribution in [3.8, 4) is 0 Å². The summed E-state index contributed by atoms with van der Waals surface area (Å²) in [4.78, 5) is 17.1. The Bertz CT molecular complexity index is 686. The van der Waals surface area contributed by atoms with Crippen LogP contribution >= 0.6 is 24.0 Å². The zero-order valence-corrected chi connectivity index (χ0v) is 17.8. The van der Waals surface area contributed by atoms with Crippen LogP contribution in [0.1, 0.15) is 25.0 Å². The smallest absolute Gasteiger partial charge is 0.319 e. The second-order valence-electron chi connectivity index (χ2n) is 6.30. The van der Waals surface area contributed by atoms with Crippen LogP contribution in [0.2, 0.25) is 5.02 Å². The average molecular weight is 410 g/mol. The molecule has 2 rings (SSSR count). The maximum Gasteiger partial charge on any atom is 0.322 e. The number of rotatable bonds is 8. The summed E-state index contributed by atoms with van der Waals surface area (Å²) in [5, 5.41) is 3.55. The Balaban J connectivity index is 0.00000364. The molecule has 0 aliphatic carbocycles. The van der Waals surface area contributed by atoms with Gasteiger partial charge in [-0.2, -0.15) is 0 Å². The van der Waals surface area contributed by atoms with Crippen molar-refractivity contribution >= 4 is 35.7 Å². The number of likely N-dealkylation sites (N-methyl/N-ethyl adjacent to an activating group) is 1. The molecule has 0 atom stereocenters. The summed E-state index contributed by atoms with van der Waals surface area (Å²) >= 11 is 6.27. The first-order valence-corrected chi connectivity index (χ1v) is 9.50. The quantitative estimate of drug-likeness (QED) is 0.629. The molecule has 0 aliphatic rings. The molecule has 1 N–H and O–H groups in total. The van der Waals surface area contributed by atoms with Gasteiger partial charge in [-0.05, 0) is 37.2 Å². The molecule has 0 aromatic heterocycles. The van der Waals surface area contributed by atoms with Crippen LogP contribution in [0.5, 0.6) is 0 Å². The standard InChI is InChI=1S/C21H28ClN3O.ClH/c1-4-24(5-2)14-15-25(16-18-11-7-6-8-12-18)21(26)23-20-17(3)10-9-13-19(20)22;/h6-13H,4-5,14-16H2,1-3H3,(H,23,26);1H. The van der Waals surface area contributed by atoms with Crippen molar-refractivity contribution in [1.29, 1.82) is 0 Å². The molecule has 0 unspecified atom stereocenters. The third-order valence-corrected chi connectivity index (χ3v) is 4.85. The van der Waals surface area contributed by atoms with E-state index in [1.54, 1.807) is 6.07 Å². The van der Waals surface area contributed by atoms with E-state index >= 15 is 0 Å². The minimum atomic E-state index is -0.128. The predicted molar refractivity (Wildman–Crippen MR) is 117 cm³/mol. The maximum atomic E-state index is 12.9. The van der Waals surface area contributed by atoms with Crippen LogP contribution < -0.4 is 5.32 Å². The first-order chi connectivity index (χ1) is 12.5. The van der Waals surface area contributed by atoms with E-state index in [0.717, 1.165) is 30.8 Å². The van der Waals surface area contributed by atoms with Gasteiger partial charge in [0.1, 0.15) is 0 Å². The lowest BCUT2D eigenvalue weighted by atomic mass is 10.2. The zero-order chi connectivity index (χ0) is 18.9. The number of benzene rings is 2. The third kappa shape index (κ3) is 7.06. The number of nitrogens with one attached hydrogen (secondary N) is 1. The largest absolute Gasteiger partial charge is 0.322 e. The van der Waals surface area contributed by atoms with Gasteiger partial charge in [0.2, 0.25) is 0 Å². The van der Waals surface area contributed by atoms with Gasteiger partial charge in [-0.25, -0.2) is 4.79 Å². The van der Waals surface area contributed by atoms with Crippen molar-refractivity contribution < 1.29 is 4.79 Å². The molecular formula is C21H29Cl2N3O. The Morgan fingerprint density at radius 3 is 2.26 bits per heavy atom. The summed E-state index contributed by atoms with van der Waals surface area (Å²) < 4.78 is 0. The molecule has 0 fully saturated rings. The van der Waals surface area contributed by atoms with Crippen LogP contribution in [0, 0.1) is 6.92 Å². The molecule has 0 heterocycles. The van der Waals surface area contributed by atoms with Gasteiger partial charge in [-0.3, -0.25) is 0 Å². The normalized spacial score (nSPS) is 10.4. The highest BCUT2D eigenvalue weighted by Gasteiger charge is 2.17. The van der Waals surface area contributed by atoms with Crippen molar-refractivity contribution in [1.82, 2.24) is 9.80 Å². The summed E-state index contributed by atoms with van der Waals surface area (Å²) in [6, 6.07) is 15.5. The van der Waals surface area contributed by atoms with Gasteiger partial charge in [-0.1, -0.05) is 67.9 Å². The SMILES string of the molecule is CCN(CC)CCN(Cc1ccccc1)C(=O)Nc1c(C)cccc1Cl.Cl. The number of para-hydroxylation sites is 1. The van der Waals surface area contributed by atoms with Crippen molar-refractivity contribution in [3.05, 3.63) is 64.7 Å². The highest BCUT2D eigenvalue weighted by Crippen LogP contribution is 2.25. The van der Waals surface area contributed by atoms with Crippen molar-refractivity contribution in [2.45, 2.75) is 27.3 Å². The molecule has 2 amide bonds. The van der Waals surface area contributed by atoms with Crippen LogP contribution in [0.25, 0.3) is 0 Å². The van der Waals surface area contributed by atoms with Gasteiger partial charge in [0, 0.05) is 19.6 Å².